The number of likely N-dealkylation sites (tertiary alicyclic amines) is 1. The maximum Gasteiger partial charge on any atom is 0.261 e. The zero-order valence-electron chi connectivity index (χ0n) is 21.7. The van der Waals surface area contributed by atoms with Crippen molar-refractivity contribution in [3.63, 3.8) is 0 Å². The van der Waals surface area contributed by atoms with Crippen molar-refractivity contribution in [2.45, 2.75) is 37.3 Å². The van der Waals surface area contributed by atoms with Gasteiger partial charge in [0.2, 0.25) is 0 Å². The normalized spacial score (nSPS) is 21.7. The van der Waals surface area contributed by atoms with Gasteiger partial charge in [-0.1, -0.05) is 23.7 Å². The summed E-state index contributed by atoms with van der Waals surface area (Å²) in [5.74, 6) is -3.95. The highest BCUT2D eigenvalue weighted by molar-refractivity contribution is 6.30. The van der Waals surface area contributed by atoms with Crippen LogP contribution in [0.25, 0.3) is 0 Å². The molecule has 210 valence electrons. The lowest BCUT2D eigenvalue weighted by Gasteiger charge is -2.43. The van der Waals surface area contributed by atoms with Crippen LogP contribution in [-0.4, -0.2) is 68.4 Å². The maximum atomic E-state index is 16.3. The lowest BCUT2D eigenvalue weighted by Crippen LogP contribution is -2.59. The fraction of sp³-hybridized carbons (Fsp3) is 0.407. The fourth-order valence-corrected chi connectivity index (χ4v) is 5.77. The predicted molar refractivity (Wildman–Crippen MR) is 140 cm³/mol. The van der Waals surface area contributed by atoms with Crippen molar-refractivity contribution in [1.29, 1.82) is 0 Å². The molecule has 0 spiro atoms. The Labute approximate surface area is 232 Å². The number of anilines is 2. The summed E-state index contributed by atoms with van der Waals surface area (Å²) >= 11 is 6.08. The molecule has 2 fully saturated rings. The molecule has 0 unspecified atom stereocenters. The fourth-order valence-electron chi connectivity index (χ4n) is 5.60. The number of aliphatic hydroxyl groups is 1. The van der Waals surface area contributed by atoms with Crippen LogP contribution in [0, 0.1) is 23.4 Å². The largest absolute Gasteiger partial charge is 0.383 e. The number of pyridine rings is 1. The van der Waals surface area contributed by atoms with Crippen LogP contribution in [0.3, 0.4) is 0 Å². The van der Waals surface area contributed by atoms with Gasteiger partial charge in [-0.05, 0) is 31.7 Å². The minimum absolute atomic E-state index is 0.000456. The van der Waals surface area contributed by atoms with Crippen molar-refractivity contribution in [1.82, 2.24) is 19.7 Å². The number of carbonyl (C=O) groups is 2. The van der Waals surface area contributed by atoms with Gasteiger partial charge >= 0.3 is 0 Å². The molecule has 9 nitrogen and oxygen atoms in total. The first-order valence-electron chi connectivity index (χ1n) is 12.9. The molecule has 2 atom stereocenters. The predicted octanol–water partition coefficient (Wildman–Crippen LogP) is 3.25. The van der Waals surface area contributed by atoms with Crippen molar-refractivity contribution >= 4 is 35.1 Å². The highest BCUT2D eigenvalue weighted by atomic mass is 35.5. The smallest absolute Gasteiger partial charge is 0.261 e. The second kappa shape index (κ2) is 9.48. The van der Waals surface area contributed by atoms with Gasteiger partial charge in [0, 0.05) is 49.4 Å². The van der Waals surface area contributed by atoms with E-state index in [0.29, 0.717) is 0 Å². The minimum atomic E-state index is -1.51. The number of aromatic nitrogens is 3. The number of aryl methyl sites for hydroxylation is 1. The zero-order chi connectivity index (χ0) is 28.5. The van der Waals surface area contributed by atoms with E-state index < -0.39 is 34.9 Å². The second-order valence-corrected chi connectivity index (χ2v) is 11.3. The highest BCUT2D eigenvalue weighted by Gasteiger charge is 2.48. The molecule has 3 aromatic rings. The molecule has 1 aliphatic carbocycles. The highest BCUT2D eigenvalue weighted by Crippen LogP contribution is 2.45. The lowest BCUT2D eigenvalue weighted by atomic mass is 9.71. The summed E-state index contributed by atoms with van der Waals surface area (Å²) in [6.45, 7) is 1.71. The Morgan fingerprint density at radius 2 is 1.95 bits per heavy atom. The second-order valence-electron chi connectivity index (χ2n) is 10.9. The molecule has 4 heterocycles. The van der Waals surface area contributed by atoms with Crippen LogP contribution in [0.15, 0.2) is 30.6 Å². The van der Waals surface area contributed by atoms with Crippen molar-refractivity contribution in [3.8, 4) is 0 Å². The number of nitrogens with one attached hydrogen (secondary N) is 1. The summed E-state index contributed by atoms with van der Waals surface area (Å²) in [6, 6.07) is 3.97. The molecule has 0 radical (unpaired) electrons. The third-order valence-corrected chi connectivity index (χ3v) is 8.24. The Bertz CT molecular complexity index is 1540. The SMILES string of the molecule is Cn1cc(F)c(N2C[C@](C)(c3cccc(Cl)c3F)c3c(cnc(NC4CN(C(=O)[C@H](O)C5CC5)C4)c3F)C2=O)n1. The van der Waals surface area contributed by atoms with E-state index in [-0.39, 0.29) is 70.8 Å². The molecule has 0 bridgehead atoms. The van der Waals surface area contributed by atoms with Gasteiger partial charge in [-0.25, -0.2) is 18.2 Å². The number of hydrogen-bond acceptors (Lipinski definition) is 6. The van der Waals surface area contributed by atoms with Crippen LogP contribution in [0.5, 0.6) is 0 Å². The summed E-state index contributed by atoms with van der Waals surface area (Å²) < 4.78 is 47.7. The number of rotatable bonds is 6. The van der Waals surface area contributed by atoms with Crippen LogP contribution in [0.2, 0.25) is 5.02 Å². The molecule has 2 aliphatic heterocycles. The van der Waals surface area contributed by atoms with E-state index in [0.717, 1.165) is 23.9 Å². The lowest BCUT2D eigenvalue weighted by molar-refractivity contribution is -0.145. The van der Waals surface area contributed by atoms with Gasteiger partial charge in [-0.3, -0.25) is 19.2 Å². The Kier molecular flexibility index (Phi) is 6.30. The first-order chi connectivity index (χ1) is 19.0. The van der Waals surface area contributed by atoms with Crippen LogP contribution in [-0.2, 0) is 17.3 Å². The molecule has 2 amide bonds. The van der Waals surface area contributed by atoms with Crippen LogP contribution in [0.4, 0.5) is 24.8 Å². The molecule has 3 aliphatic rings. The third kappa shape index (κ3) is 4.21. The number of hydrogen-bond donors (Lipinski definition) is 2. The van der Waals surface area contributed by atoms with Crippen molar-refractivity contribution in [2.24, 2.45) is 13.0 Å². The van der Waals surface area contributed by atoms with E-state index in [9.17, 15) is 19.1 Å². The molecule has 1 saturated carbocycles. The quantitative estimate of drug-likeness (QED) is 0.469. The van der Waals surface area contributed by atoms with Gasteiger partial charge in [0.05, 0.1) is 22.8 Å². The van der Waals surface area contributed by atoms with Crippen molar-refractivity contribution in [2.75, 3.05) is 29.9 Å². The van der Waals surface area contributed by atoms with Gasteiger partial charge in [-0.15, -0.1) is 0 Å². The molecule has 2 aromatic heterocycles. The van der Waals surface area contributed by atoms with E-state index in [2.05, 4.69) is 15.4 Å². The monoisotopic (exact) mass is 574 g/mol. The molecular weight excluding hydrogens is 549 g/mol. The summed E-state index contributed by atoms with van der Waals surface area (Å²) in [5.41, 5.74) is -1.78. The van der Waals surface area contributed by atoms with Gasteiger partial charge in [0.1, 0.15) is 11.9 Å². The Morgan fingerprint density at radius 1 is 1.23 bits per heavy atom. The van der Waals surface area contributed by atoms with E-state index in [4.69, 9.17) is 11.6 Å². The van der Waals surface area contributed by atoms with Crippen LogP contribution >= 0.6 is 11.6 Å². The summed E-state index contributed by atoms with van der Waals surface area (Å²) in [5, 5.41) is 16.9. The third-order valence-electron chi connectivity index (χ3n) is 7.94. The van der Waals surface area contributed by atoms with Crippen LogP contribution < -0.4 is 10.2 Å². The molecular formula is C27H26ClF3N6O3. The van der Waals surface area contributed by atoms with Crippen molar-refractivity contribution < 1.29 is 27.9 Å². The van der Waals surface area contributed by atoms with E-state index in [1.807, 2.05) is 0 Å². The molecule has 6 rings (SSSR count). The van der Waals surface area contributed by atoms with E-state index >= 15 is 8.78 Å². The number of halogens is 4. The topological polar surface area (TPSA) is 104 Å². The number of nitrogens with zero attached hydrogens (tertiary/aromatic N) is 5. The maximum absolute atomic E-state index is 16.3. The number of benzene rings is 1. The van der Waals surface area contributed by atoms with E-state index in [1.165, 1.54) is 41.0 Å². The number of fused-ring (bicyclic) bond motifs is 1. The molecule has 13 heteroatoms. The first-order valence-corrected chi connectivity index (χ1v) is 13.2. The average molecular weight is 575 g/mol. The minimum Gasteiger partial charge on any atom is -0.383 e. The molecule has 1 aromatic carbocycles. The summed E-state index contributed by atoms with van der Waals surface area (Å²) in [7, 11) is 1.49. The Morgan fingerprint density at radius 3 is 2.60 bits per heavy atom. The van der Waals surface area contributed by atoms with Gasteiger partial charge in [0.15, 0.2) is 23.3 Å². The average Bonchev–Trinajstić information content (AvgIpc) is 3.68. The van der Waals surface area contributed by atoms with Crippen molar-refractivity contribution in [3.05, 3.63) is 69.8 Å². The Hall–Kier alpha value is -3.64. The molecule has 1 saturated heterocycles. The standard InChI is InChI=1S/C27H26ClF3N6O3/c1-27(16-4-3-5-17(28)20(16)30)12-37(24-18(29)11-35(2)34-24)25(39)15-8-32-23(21(31)19(15)27)33-14-9-36(10-14)26(40)22(38)13-6-7-13/h3-5,8,11,13-14,22,38H,6-7,9-10,12H2,1-2H3,(H,32,33)/t22-,27-/m1/s1. The number of amides is 2. The Balaban J connectivity index is 1.37. The number of aliphatic hydroxyl groups excluding tert-OH is 1. The molecule has 2 N–H and O–H groups in total. The summed E-state index contributed by atoms with van der Waals surface area (Å²) in [6.07, 6.45) is 2.89. The summed E-state index contributed by atoms with van der Waals surface area (Å²) in [4.78, 5) is 32.6. The van der Waals surface area contributed by atoms with E-state index in [1.54, 1.807) is 6.92 Å². The van der Waals surface area contributed by atoms with Crippen LogP contribution in [0.1, 0.15) is 41.3 Å². The zero-order valence-corrected chi connectivity index (χ0v) is 22.4. The van der Waals surface area contributed by atoms with Gasteiger partial charge < -0.3 is 15.3 Å². The van der Waals surface area contributed by atoms with Gasteiger partial charge in [0.25, 0.3) is 11.8 Å². The number of carbonyl (C=O) groups excluding carboxylic acids is 2. The molecule has 40 heavy (non-hydrogen) atoms. The first kappa shape index (κ1) is 26.6. The van der Waals surface area contributed by atoms with Gasteiger partial charge in [-0.2, -0.15) is 5.10 Å².